The maximum atomic E-state index is 6.52. The fraction of sp³-hybridized carbons (Fsp3) is 0.154. The maximum Gasteiger partial charge on any atom is 0.135 e. The van der Waals surface area contributed by atoms with Crippen molar-refractivity contribution in [2.45, 2.75) is 76.0 Å². The largest absolute Gasteiger partial charge is 0.456 e. The number of benzene rings is 7. The third kappa shape index (κ3) is 9.41. The molecule has 0 amide bonds. The quantitative estimate of drug-likeness (QED) is 0.129. The molecule has 6 aliphatic rings. The van der Waals surface area contributed by atoms with Gasteiger partial charge in [-0.25, -0.2) is 0 Å². The highest BCUT2D eigenvalue weighted by Gasteiger charge is 2.25. The summed E-state index contributed by atoms with van der Waals surface area (Å²) < 4.78 is 9.04. The molecule has 0 N–H and O–H groups in total. The first-order chi connectivity index (χ1) is 40.1. The van der Waals surface area contributed by atoms with E-state index in [0.29, 0.717) is 11.8 Å². The Hall–Kier alpha value is -9.18. The number of aromatic nitrogens is 1. The summed E-state index contributed by atoms with van der Waals surface area (Å²) in [4.78, 5) is 2.49. The second-order valence-corrected chi connectivity index (χ2v) is 22.7. The van der Waals surface area contributed by atoms with E-state index in [9.17, 15) is 0 Å². The second-order valence-electron chi connectivity index (χ2n) is 22.7. The fourth-order valence-corrected chi connectivity index (χ4v) is 13.4. The predicted octanol–water partition coefficient (Wildman–Crippen LogP) is 21.1. The zero-order valence-corrected chi connectivity index (χ0v) is 45.8. The minimum absolute atomic E-state index is 0.292. The maximum absolute atomic E-state index is 6.52. The van der Waals surface area contributed by atoms with Crippen molar-refractivity contribution in [3.63, 3.8) is 0 Å². The average Bonchev–Trinajstić information content (AvgIpc) is 4.21. The highest BCUT2D eigenvalue weighted by Crippen LogP contribution is 2.42. The van der Waals surface area contributed by atoms with Gasteiger partial charge in [0.15, 0.2) is 0 Å². The van der Waals surface area contributed by atoms with E-state index in [1.54, 1.807) is 0 Å². The Kier molecular flexibility index (Phi) is 12.8. The average molecular weight is 1050 g/mol. The monoisotopic (exact) mass is 1040 g/mol. The van der Waals surface area contributed by atoms with Crippen molar-refractivity contribution in [1.29, 1.82) is 0 Å². The molecule has 7 aromatic carbocycles. The Morgan fingerprint density at radius 1 is 0.432 bits per heavy atom. The zero-order chi connectivity index (χ0) is 53.6. The third-order valence-corrected chi connectivity index (χ3v) is 17.8. The zero-order valence-electron chi connectivity index (χ0n) is 45.8. The summed E-state index contributed by atoms with van der Waals surface area (Å²) in [7, 11) is 0. The van der Waals surface area contributed by atoms with Gasteiger partial charge in [-0.05, 0) is 198 Å². The van der Waals surface area contributed by atoms with Crippen LogP contribution in [0.3, 0.4) is 0 Å². The minimum atomic E-state index is 0.292. The van der Waals surface area contributed by atoms with Gasteiger partial charge in [-0.2, -0.15) is 0 Å². The van der Waals surface area contributed by atoms with Gasteiger partial charge in [0.2, 0.25) is 0 Å². The lowest BCUT2D eigenvalue weighted by Gasteiger charge is -2.32. The Labute approximate surface area is 476 Å². The van der Waals surface area contributed by atoms with Gasteiger partial charge in [0.1, 0.15) is 11.2 Å². The molecule has 0 saturated heterocycles. The van der Waals surface area contributed by atoms with Gasteiger partial charge >= 0.3 is 0 Å². The Balaban J connectivity index is 0.691. The van der Waals surface area contributed by atoms with Crippen molar-refractivity contribution in [3.05, 3.63) is 299 Å². The molecule has 0 spiro atoms. The highest BCUT2D eigenvalue weighted by atomic mass is 16.3. The van der Waals surface area contributed by atoms with Crippen molar-refractivity contribution >= 4 is 67.0 Å². The van der Waals surface area contributed by atoms with Crippen LogP contribution < -0.4 is 4.90 Å². The molecule has 392 valence electrons. The molecule has 6 aliphatic carbocycles. The van der Waals surface area contributed by atoms with Crippen LogP contribution >= 0.6 is 0 Å². The summed E-state index contributed by atoms with van der Waals surface area (Å²) in [6.07, 6.45) is 48.2. The SMILES string of the molecule is C1=CC(c2ccc(C3C=CC(N(C4=CC=C(c5ccc6oc7ccc(C8C=CC(c9ccc%10c(c9)c9c(n%10C%10=CCCC=C%10)CCC=C9)=CC8)cc7c6c5)CC4)c4ccc(-c5ccc(-c6ccccc6)cc5)cc4)=CC3)cc2)=CCC1. The predicted molar refractivity (Wildman–Crippen MR) is 343 cm³/mol. The Bertz CT molecular complexity index is 4300. The molecule has 81 heavy (non-hydrogen) atoms. The summed E-state index contributed by atoms with van der Waals surface area (Å²) in [6, 6.07) is 58.7. The molecule has 0 fully saturated rings. The van der Waals surface area contributed by atoms with Gasteiger partial charge in [-0.1, -0.05) is 188 Å². The van der Waals surface area contributed by atoms with Crippen LogP contribution in [-0.4, -0.2) is 4.57 Å². The van der Waals surface area contributed by atoms with E-state index in [1.165, 1.54) is 123 Å². The van der Waals surface area contributed by atoms with E-state index < -0.39 is 0 Å². The van der Waals surface area contributed by atoms with Gasteiger partial charge in [-0.3, -0.25) is 0 Å². The van der Waals surface area contributed by atoms with Gasteiger partial charge in [0.05, 0.1) is 5.52 Å². The van der Waals surface area contributed by atoms with Crippen molar-refractivity contribution in [3.8, 4) is 22.3 Å². The Morgan fingerprint density at radius 3 is 1.79 bits per heavy atom. The number of hydrogen-bond acceptors (Lipinski definition) is 2. The molecule has 0 radical (unpaired) electrons. The van der Waals surface area contributed by atoms with Crippen LogP contribution in [0.5, 0.6) is 0 Å². The van der Waals surface area contributed by atoms with Crippen molar-refractivity contribution in [2.75, 3.05) is 4.90 Å². The number of anilines is 1. The van der Waals surface area contributed by atoms with Crippen LogP contribution in [-0.2, 0) is 6.42 Å². The molecule has 0 aliphatic heterocycles. The number of allylic oxidation sites excluding steroid dienone is 20. The van der Waals surface area contributed by atoms with Gasteiger partial charge in [-0.15, -0.1) is 0 Å². The molecule has 0 saturated carbocycles. The molecule has 2 unspecified atom stereocenters. The molecule has 9 aromatic rings. The smallest absolute Gasteiger partial charge is 0.135 e. The summed E-state index contributed by atoms with van der Waals surface area (Å²) in [6.45, 7) is 0. The fourth-order valence-electron chi connectivity index (χ4n) is 13.4. The van der Waals surface area contributed by atoms with E-state index in [2.05, 4.69) is 264 Å². The minimum Gasteiger partial charge on any atom is -0.456 e. The lowest BCUT2D eigenvalue weighted by molar-refractivity contribution is 0.668. The molecule has 2 atom stereocenters. The normalized spacial score (nSPS) is 18.6. The van der Waals surface area contributed by atoms with Crippen LogP contribution in [0.25, 0.3) is 83.6 Å². The van der Waals surface area contributed by atoms with Crippen LogP contribution in [0.15, 0.2) is 265 Å². The molecular weight excluding hydrogens is 981 g/mol. The van der Waals surface area contributed by atoms with Crippen LogP contribution in [0, 0.1) is 0 Å². The number of fused-ring (bicyclic) bond motifs is 6. The molecular formula is C78H64N2O. The van der Waals surface area contributed by atoms with Crippen molar-refractivity contribution < 1.29 is 4.42 Å². The van der Waals surface area contributed by atoms with Gasteiger partial charge in [0.25, 0.3) is 0 Å². The molecule has 3 heteroatoms. The standard InChI is InChI=1S/C78H64N2O/c1-4-12-53(13-5-1)55-20-24-57(25-21-55)59-32-41-68(42-33-59)79(69-43-34-60(35-44-69)58-26-22-56(23-27-58)54-14-6-2-7-15-54)70-45-36-63(37-46-70)66-40-49-78-74(52-66)73-51-65(39-48-77(73)81-78)62-30-28-61(29-31-62)64-38-47-76-72(50-64)71-18-10-11-19-75(71)80(76)67-16-8-3-9-17-67/h1,4-6,8,10,12-18,20-30,32-34,36,38-45,47-52,60,62H,2-3,7,9,11,19,31,35,37,46H2. The Morgan fingerprint density at radius 2 is 1.07 bits per heavy atom. The summed E-state index contributed by atoms with van der Waals surface area (Å²) >= 11 is 0. The van der Waals surface area contributed by atoms with E-state index in [-0.39, 0.29) is 0 Å². The number of rotatable bonds is 11. The van der Waals surface area contributed by atoms with Crippen LogP contribution in [0.2, 0.25) is 0 Å². The summed E-state index contributed by atoms with van der Waals surface area (Å²) in [5.41, 5.74) is 26.4. The molecule has 0 bridgehead atoms. The summed E-state index contributed by atoms with van der Waals surface area (Å²) in [5, 5.41) is 3.71. The first-order valence-electron chi connectivity index (χ1n) is 29.5. The van der Waals surface area contributed by atoms with Crippen molar-refractivity contribution in [1.82, 2.24) is 4.57 Å². The first kappa shape index (κ1) is 48.9. The molecule has 2 aromatic heterocycles. The van der Waals surface area contributed by atoms with Gasteiger partial charge in [0, 0.05) is 62.0 Å². The second kappa shape index (κ2) is 21.1. The molecule has 2 heterocycles. The highest BCUT2D eigenvalue weighted by molar-refractivity contribution is 6.06. The van der Waals surface area contributed by atoms with E-state index in [0.717, 1.165) is 75.4 Å². The van der Waals surface area contributed by atoms with Gasteiger partial charge < -0.3 is 13.9 Å². The van der Waals surface area contributed by atoms with Crippen LogP contribution in [0.1, 0.15) is 109 Å². The number of furan rings is 1. The lowest BCUT2D eigenvalue weighted by atomic mass is 9.87. The molecule has 3 nitrogen and oxygen atoms in total. The van der Waals surface area contributed by atoms with E-state index in [1.807, 2.05) is 0 Å². The topological polar surface area (TPSA) is 21.3 Å². The third-order valence-electron chi connectivity index (χ3n) is 17.8. The van der Waals surface area contributed by atoms with Crippen molar-refractivity contribution in [2.24, 2.45) is 0 Å². The number of nitrogens with zero attached hydrogens (tertiary/aromatic N) is 2. The van der Waals surface area contributed by atoms with E-state index in [4.69, 9.17) is 4.42 Å². The summed E-state index contributed by atoms with van der Waals surface area (Å²) in [5.74, 6) is 0.624. The van der Waals surface area contributed by atoms with E-state index >= 15 is 0 Å². The van der Waals surface area contributed by atoms with Crippen LogP contribution in [0.4, 0.5) is 5.69 Å². The number of hydrogen-bond donors (Lipinski definition) is 0. The first-order valence-corrected chi connectivity index (χ1v) is 29.5. The lowest BCUT2D eigenvalue weighted by Crippen LogP contribution is -2.23. The molecule has 15 rings (SSSR count).